The van der Waals surface area contributed by atoms with Gasteiger partial charge in [0.1, 0.15) is 0 Å². The number of hydrogen-bond donors (Lipinski definition) is 1. The standard InChI is InChI=1S/C16H18F6N2O2S/c1-2-24(13(27)23-7-9-26-10-8-23)12-5-3-11(4-6-12)14(25,15(17,18)19)16(20,21)22/h3-6,25H,2,7-10H2,1H3. The Morgan fingerprint density at radius 2 is 1.56 bits per heavy atom. The third kappa shape index (κ3) is 4.14. The molecule has 0 unspecified atom stereocenters. The Balaban J connectivity index is 2.33. The first-order valence-corrected chi connectivity index (χ1v) is 8.45. The molecule has 1 saturated heterocycles. The molecule has 0 atom stereocenters. The molecule has 27 heavy (non-hydrogen) atoms. The van der Waals surface area contributed by atoms with Gasteiger partial charge in [-0.15, -0.1) is 0 Å². The highest BCUT2D eigenvalue weighted by molar-refractivity contribution is 7.80. The van der Waals surface area contributed by atoms with Crippen molar-refractivity contribution in [3.8, 4) is 0 Å². The Hall–Kier alpha value is -1.59. The molecular weight excluding hydrogens is 398 g/mol. The molecular formula is C16H18F6N2O2S. The first-order chi connectivity index (χ1) is 12.4. The van der Waals surface area contributed by atoms with Crippen LogP contribution in [0.1, 0.15) is 12.5 Å². The van der Waals surface area contributed by atoms with E-state index in [9.17, 15) is 31.4 Å². The van der Waals surface area contributed by atoms with Gasteiger partial charge in [-0.1, -0.05) is 12.1 Å². The average molecular weight is 416 g/mol. The normalized spacial score (nSPS) is 16.4. The van der Waals surface area contributed by atoms with Crippen molar-refractivity contribution in [2.45, 2.75) is 24.9 Å². The number of alkyl halides is 6. The second-order valence-electron chi connectivity index (χ2n) is 5.88. The molecule has 1 aliphatic heterocycles. The molecule has 1 aliphatic rings. The van der Waals surface area contributed by atoms with Crippen molar-refractivity contribution in [2.75, 3.05) is 37.7 Å². The van der Waals surface area contributed by atoms with Gasteiger partial charge in [-0.05, 0) is 31.3 Å². The maximum absolute atomic E-state index is 13.0. The van der Waals surface area contributed by atoms with Crippen molar-refractivity contribution in [2.24, 2.45) is 0 Å². The number of rotatable bonds is 3. The van der Waals surface area contributed by atoms with Crippen molar-refractivity contribution in [1.29, 1.82) is 0 Å². The first-order valence-electron chi connectivity index (χ1n) is 8.04. The van der Waals surface area contributed by atoms with Crippen LogP contribution in [0.25, 0.3) is 0 Å². The predicted octanol–water partition coefficient (Wildman–Crippen LogP) is 3.44. The molecule has 0 radical (unpaired) electrons. The van der Waals surface area contributed by atoms with Gasteiger partial charge in [0, 0.05) is 30.9 Å². The summed E-state index contributed by atoms with van der Waals surface area (Å²) in [5, 5.41) is 9.84. The number of hydrogen-bond acceptors (Lipinski definition) is 3. The smallest absolute Gasteiger partial charge is 0.378 e. The fraction of sp³-hybridized carbons (Fsp3) is 0.562. The summed E-state index contributed by atoms with van der Waals surface area (Å²) in [5.74, 6) is 0. The Morgan fingerprint density at radius 3 is 1.96 bits per heavy atom. The van der Waals surface area contributed by atoms with Crippen LogP contribution in [0.5, 0.6) is 0 Å². The molecule has 1 aromatic rings. The van der Waals surface area contributed by atoms with E-state index in [1.165, 1.54) is 0 Å². The molecule has 2 rings (SSSR count). The van der Waals surface area contributed by atoms with Gasteiger partial charge in [-0.2, -0.15) is 26.3 Å². The highest BCUT2D eigenvalue weighted by Gasteiger charge is 2.71. The summed E-state index contributed by atoms with van der Waals surface area (Å²) < 4.78 is 83.0. The number of ether oxygens (including phenoxy) is 1. The highest BCUT2D eigenvalue weighted by Crippen LogP contribution is 2.50. The zero-order chi connectivity index (χ0) is 20.5. The minimum Gasteiger partial charge on any atom is -0.378 e. The van der Waals surface area contributed by atoms with Crippen LogP contribution in [0.3, 0.4) is 0 Å². The Kier molecular flexibility index (Phi) is 6.27. The Labute approximate surface area is 157 Å². The second kappa shape index (κ2) is 7.80. The number of aliphatic hydroxyl groups is 1. The molecule has 1 heterocycles. The van der Waals surface area contributed by atoms with Gasteiger partial charge in [-0.3, -0.25) is 0 Å². The van der Waals surface area contributed by atoms with Crippen molar-refractivity contribution >= 4 is 23.0 Å². The minimum atomic E-state index is -5.92. The van der Waals surface area contributed by atoms with Gasteiger partial charge >= 0.3 is 12.4 Å². The lowest BCUT2D eigenvalue weighted by Crippen LogP contribution is -2.54. The second-order valence-corrected chi connectivity index (χ2v) is 6.24. The number of morpholine rings is 1. The van der Waals surface area contributed by atoms with Crippen LogP contribution in [0.4, 0.5) is 32.0 Å². The molecule has 0 aliphatic carbocycles. The maximum atomic E-state index is 13.0. The van der Waals surface area contributed by atoms with E-state index in [4.69, 9.17) is 17.0 Å². The topological polar surface area (TPSA) is 35.9 Å². The van der Waals surface area contributed by atoms with Crippen LogP contribution in [0, 0.1) is 0 Å². The van der Waals surface area contributed by atoms with Gasteiger partial charge < -0.3 is 19.6 Å². The lowest BCUT2D eigenvalue weighted by molar-refractivity contribution is -0.376. The summed E-state index contributed by atoms with van der Waals surface area (Å²) in [4.78, 5) is 3.43. The van der Waals surface area contributed by atoms with Crippen LogP contribution in [-0.4, -0.2) is 60.3 Å². The summed E-state index contributed by atoms with van der Waals surface area (Å²) in [6, 6.07) is 3.38. The quantitative estimate of drug-likeness (QED) is 0.604. The Bertz CT molecular complexity index is 642. The SMILES string of the molecule is CCN(C(=S)N1CCOCC1)c1ccc(C(O)(C(F)(F)F)C(F)(F)F)cc1. The van der Waals surface area contributed by atoms with E-state index in [0.29, 0.717) is 55.8 Å². The van der Waals surface area contributed by atoms with Crippen molar-refractivity contribution in [3.05, 3.63) is 29.8 Å². The van der Waals surface area contributed by atoms with Crippen LogP contribution in [0.15, 0.2) is 24.3 Å². The van der Waals surface area contributed by atoms with Crippen LogP contribution >= 0.6 is 12.2 Å². The lowest BCUT2D eigenvalue weighted by atomic mass is 9.92. The molecule has 1 aromatic carbocycles. The summed E-state index contributed by atoms with van der Waals surface area (Å²) in [6.45, 7) is 4.13. The molecule has 152 valence electrons. The number of nitrogens with zero attached hydrogens (tertiary/aromatic N) is 2. The van der Waals surface area contributed by atoms with E-state index < -0.39 is 23.5 Å². The summed E-state index contributed by atoms with van der Waals surface area (Å²) >= 11 is 5.39. The number of thiocarbonyl (C=S) groups is 1. The van der Waals surface area contributed by atoms with E-state index in [-0.39, 0.29) is 0 Å². The number of anilines is 1. The van der Waals surface area contributed by atoms with Crippen molar-refractivity contribution in [1.82, 2.24) is 4.90 Å². The van der Waals surface area contributed by atoms with E-state index in [0.717, 1.165) is 12.1 Å². The lowest BCUT2D eigenvalue weighted by Gasteiger charge is -2.36. The molecule has 11 heteroatoms. The van der Waals surface area contributed by atoms with Gasteiger partial charge in [0.2, 0.25) is 0 Å². The van der Waals surface area contributed by atoms with Crippen molar-refractivity contribution in [3.63, 3.8) is 0 Å². The largest absolute Gasteiger partial charge is 0.430 e. The summed E-state index contributed by atoms with van der Waals surface area (Å²) in [5.41, 5.74) is -5.93. The van der Waals surface area contributed by atoms with Gasteiger partial charge in [0.05, 0.1) is 13.2 Å². The molecule has 0 saturated carbocycles. The molecule has 1 fully saturated rings. The fourth-order valence-electron chi connectivity index (χ4n) is 2.72. The van der Waals surface area contributed by atoms with Crippen LogP contribution < -0.4 is 4.90 Å². The first kappa shape index (κ1) is 21.7. The van der Waals surface area contributed by atoms with Crippen molar-refractivity contribution < 1.29 is 36.2 Å². The van der Waals surface area contributed by atoms with Gasteiger partial charge in [0.15, 0.2) is 5.11 Å². The number of benzene rings is 1. The summed E-state index contributed by atoms with van der Waals surface area (Å²) in [7, 11) is 0. The molecule has 0 bridgehead atoms. The van der Waals surface area contributed by atoms with Gasteiger partial charge in [-0.25, -0.2) is 0 Å². The minimum absolute atomic E-state index is 0.324. The van der Waals surface area contributed by atoms with E-state index >= 15 is 0 Å². The molecule has 0 spiro atoms. The third-order valence-corrected chi connectivity index (χ3v) is 4.72. The summed E-state index contributed by atoms with van der Waals surface area (Å²) in [6.07, 6.45) is -11.8. The van der Waals surface area contributed by atoms with E-state index in [1.54, 1.807) is 11.8 Å². The zero-order valence-corrected chi connectivity index (χ0v) is 15.1. The predicted molar refractivity (Wildman–Crippen MR) is 90.5 cm³/mol. The van der Waals surface area contributed by atoms with Crippen LogP contribution in [0.2, 0.25) is 0 Å². The van der Waals surface area contributed by atoms with E-state index in [1.807, 2.05) is 4.90 Å². The Morgan fingerprint density at radius 1 is 1.07 bits per heavy atom. The molecule has 1 N–H and O–H groups in total. The number of halogens is 6. The van der Waals surface area contributed by atoms with E-state index in [2.05, 4.69) is 0 Å². The fourth-order valence-corrected chi connectivity index (χ4v) is 3.14. The zero-order valence-electron chi connectivity index (χ0n) is 14.3. The highest BCUT2D eigenvalue weighted by atomic mass is 32.1. The average Bonchev–Trinajstić information content (AvgIpc) is 2.61. The molecule has 0 aromatic heterocycles. The monoisotopic (exact) mass is 416 g/mol. The van der Waals surface area contributed by atoms with Crippen LogP contribution in [-0.2, 0) is 10.3 Å². The maximum Gasteiger partial charge on any atom is 0.430 e. The molecule has 4 nitrogen and oxygen atoms in total. The third-order valence-electron chi connectivity index (χ3n) is 4.25. The van der Waals surface area contributed by atoms with Gasteiger partial charge in [0.25, 0.3) is 5.60 Å². The molecule has 0 amide bonds.